The van der Waals surface area contributed by atoms with Gasteiger partial charge in [0.05, 0.1) is 11.1 Å². The van der Waals surface area contributed by atoms with Crippen LogP contribution in [0.1, 0.15) is 45.5 Å². The Hall–Kier alpha value is -1.68. The van der Waals surface area contributed by atoms with Crippen molar-refractivity contribution in [3.05, 3.63) is 34.9 Å². The van der Waals surface area contributed by atoms with Crippen LogP contribution in [-0.2, 0) is 0 Å². The minimum atomic E-state index is -0.119. The van der Waals surface area contributed by atoms with E-state index < -0.39 is 0 Å². The Balaban J connectivity index is 1.93. The number of rotatable bonds is 1. The van der Waals surface area contributed by atoms with Crippen LogP contribution in [0.15, 0.2) is 18.2 Å². The number of carbonyl (C=O) groups excluding carboxylic acids is 2. The highest BCUT2D eigenvalue weighted by atomic mass is 16.2. The lowest BCUT2D eigenvalue weighted by molar-refractivity contribution is 0.0572. The fourth-order valence-corrected chi connectivity index (χ4v) is 2.96. The summed E-state index contributed by atoms with van der Waals surface area (Å²) in [6.07, 6.45) is 2.76. The molecular weight excluding hydrogens is 240 g/mol. The molecule has 1 N–H and O–H groups in total. The molecule has 19 heavy (non-hydrogen) atoms. The van der Waals surface area contributed by atoms with E-state index in [1.54, 1.807) is 6.07 Å². The summed E-state index contributed by atoms with van der Waals surface area (Å²) in [5.41, 5.74) is 2.15. The second-order valence-corrected chi connectivity index (χ2v) is 5.36. The predicted octanol–water partition coefficient (Wildman–Crippen LogP) is 1.73. The Bertz CT molecular complexity index is 531. The first-order chi connectivity index (χ1) is 9.18. The van der Waals surface area contributed by atoms with Crippen LogP contribution >= 0.6 is 0 Å². The van der Waals surface area contributed by atoms with Crippen molar-refractivity contribution in [2.24, 2.45) is 0 Å². The number of amides is 2. The van der Waals surface area contributed by atoms with E-state index in [0.29, 0.717) is 11.1 Å². The van der Waals surface area contributed by atoms with E-state index in [9.17, 15) is 9.59 Å². The third-order valence-electron chi connectivity index (χ3n) is 3.98. The molecule has 1 aromatic rings. The van der Waals surface area contributed by atoms with Gasteiger partial charge in [0.1, 0.15) is 0 Å². The van der Waals surface area contributed by atoms with Gasteiger partial charge in [-0.05, 0) is 51.4 Å². The lowest BCUT2D eigenvalue weighted by atomic mass is 10.1. The second-order valence-electron chi connectivity index (χ2n) is 5.36. The highest BCUT2D eigenvalue weighted by Gasteiger charge is 2.39. The number of nitrogens with one attached hydrogen (secondary N) is 1. The van der Waals surface area contributed by atoms with Gasteiger partial charge in [0.25, 0.3) is 11.8 Å². The van der Waals surface area contributed by atoms with Gasteiger partial charge in [0.2, 0.25) is 0 Å². The Morgan fingerprint density at radius 1 is 1.11 bits per heavy atom. The van der Waals surface area contributed by atoms with Gasteiger partial charge in [-0.25, -0.2) is 0 Å². The second kappa shape index (κ2) is 4.78. The maximum atomic E-state index is 12.5. The van der Waals surface area contributed by atoms with E-state index in [0.717, 1.165) is 37.9 Å². The topological polar surface area (TPSA) is 49.4 Å². The van der Waals surface area contributed by atoms with E-state index in [-0.39, 0.29) is 17.9 Å². The molecule has 4 nitrogen and oxygen atoms in total. The van der Waals surface area contributed by atoms with Crippen molar-refractivity contribution in [1.29, 1.82) is 0 Å². The number of benzene rings is 1. The molecule has 2 amide bonds. The molecule has 1 aromatic carbocycles. The molecule has 1 unspecified atom stereocenters. The van der Waals surface area contributed by atoms with Gasteiger partial charge >= 0.3 is 0 Å². The van der Waals surface area contributed by atoms with Crippen molar-refractivity contribution < 1.29 is 9.59 Å². The first-order valence-electron chi connectivity index (χ1n) is 6.88. The Morgan fingerprint density at radius 2 is 1.89 bits per heavy atom. The monoisotopic (exact) mass is 258 g/mol. The van der Waals surface area contributed by atoms with Crippen LogP contribution in [0.2, 0.25) is 0 Å². The van der Waals surface area contributed by atoms with Crippen LogP contribution in [-0.4, -0.2) is 35.8 Å². The minimum absolute atomic E-state index is 0.0442. The van der Waals surface area contributed by atoms with Crippen molar-refractivity contribution in [1.82, 2.24) is 10.2 Å². The van der Waals surface area contributed by atoms with Crippen LogP contribution in [0.25, 0.3) is 0 Å². The van der Waals surface area contributed by atoms with E-state index in [1.807, 2.05) is 19.1 Å². The zero-order valence-corrected chi connectivity index (χ0v) is 11.1. The summed E-state index contributed by atoms with van der Waals surface area (Å²) < 4.78 is 0. The van der Waals surface area contributed by atoms with Gasteiger partial charge < -0.3 is 5.32 Å². The molecule has 0 radical (unpaired) electrons. The molecule has 2 heterocycles. The third kappa shape index (κ3) is 2.06. The van der Waals surface area contributed by atoms with Crippen LogP contribution in [0, 0.1) is 6.92 Å². The number of aryl methyl sites for hydroxylation is 1. The zero-order chi connectivity index (χ0) is 13.4. The number of imide groups is 1. The first-order valence-corrected chi connectivity index (χ1v) is 6.88. The van der Waals surface area contributed by atoms with Gasteiger partial charge in [-0.1, -0.05) is 11.6 Å². The van der Waals surface area contributed by atoms with Crippen molar-refractivity contribution in [2.75, 3.05) is 13.1 Å². The van der Waals surface area contributed by atoms with Gasteiger partial charge in [-0.2, -0.15) is 0 Å². The smallest absolute Gasteiger partial charge is 0.261 e. The molecule has 0 bridgehead atoms. The van der Waals surface area contributed by atoms with Crippen molar-refractivity contribution in [3.63, 3.8) is 0 Å². The quantitative estimate of drug-likeness (QED) is 0.780. The number of carbonyl (C=O) groups is 2. The van der Waals surface area contributed by atoms with Gasteiger partial charge in [-0.3, -0.25) is 14.5 Å². The molecule has 0 saturated carbocycles. The Kier molecular flexibility index (Phi) is 3.11. The Morgan fingerprint density at radius 3 is 2.74 bits per heavy atom. The summed E-state index contributed by atoms with van der Waals surface area (Å²) in [5.74, 6) is -0.234. The molecule has 4 heteroatoms. The lowest BCUT2D eigenvalue weighted by Gasteiger charge is -2.24. The van der Waals surface area contributed by atoms with Crippen LogP contribution in [0.3, 0.4) is 0 Å². The highest BCUT2D eigenvalue weighted by molar-refractivity contribution is 6.21. The van der Waals surface area contributed by atoms with Gasteiger partial charge in [-0.15, -0.1) is 0 Å². The number of nitrogens with zero attached hydrogens (tertiary/aromatic N) is 1. The minimum Gasteiger partial charge on any atom is -0.317 e. The van der Waals surface area contributed by atoms with Crippen LogP contribution < -0.4 is 5.32 Å². The molecular formula is C15H18N2O2. The summed E-state index contributed by atoms with van der Waals surface area (Å²) in [6.45, 7) is 3.78. The molecule has 2 aliphatic rings. The molecule has 3 rings (SSSR count). The van der Waals surface area contributed by atoms with Crippen molar-refractivity contribution in [3.8, 4) is 0 Å². The third-order valence-corrected chi connectivity index (χ3v) is 3.98. The van der Waals surface area contributed by atoms with Gasteiger partial charge in [0.15, 0.2) is 0 Å². The average Bonchev–Trinajstić information content (AvgIpc) is 2.62. The van der Waals surface area contributed by atoms with E-state index in [1.165, 1.54) is 4.90 Å². The largest absolute Gasteiger partial charge is 0.317 e. The summed E-state index contributed by atoms with van der Waals surface area (Å²) in [5, 5.41) is 3.31. The molecule has 0 aromatic heterocycles. The van der Waals surface area contributed by atoms with E-state index >= 15 is 0 Å². The molecule has 2 aliphatic heterocycles. The molecule has 1 atom stereocenters. The van der Waals surface area contributed by atoms with Crippen LogP contribution in [0.5, 0.6) is 0 Å². The Labute approximate surface area is 112 Å². The standard InChI is InChI=1S/C15H18N2O2/c1-10-4-5-12-13(9-10)15(19)17(14(12)18)11-3-2-7-16-8-6-11/h4-5,9,11,16H,2-3,6-8H2,1H3. The average molecular weight is 258 g/mol. The van der Waals surface area contributed by atoms with E-state index in [2.05, 4.69) is 5.32 Å². The SMILES string of the molecule is Cc1ccc2c(c1)C(=O)N(C1CCCNCC1)C2=O. The van der Waals surface area contributed by atoms with Gasteiger partial charge in [0, 0.05) is 6.04 Å². The maximum Gasteiger partial charge on any atom is 0.261 e. The highest BCUT2D eigenvalue weighted by Crippen LogP contribution is 2.28. The normalized spacial score (nSPS) is 23.4. The maximum absolute atomic E-state index is 12.5. The summed E-state index contributed by atoms with van der Waals surface area (Å²) in [7, 11) is 0. The summed E-state index contributed by atoms with van der Waals surface area (Å²) in [4.78, 5) is 26.4. The number of hydrogen-bond acceptors (Lipinski definition) is 3. The molecule has 0 aliphatic carbocycles. The zero-order valence-electron chi connectivity index (χ0n) is 11.1. The summed E-state index contributed by atoms with van der Waals surface area (Å²) in [6, 6.07) is 5.54. The number of hydrogen-bond donors (Lipinski definition) is 1. The lowest BCUT2D eigenvalue weighted by Crippen LogP contribution is -2.40. The van der Waals surface area contributed by atoms with Crippen molar-refractivity contribution >= 4 is 11.8 Å². The molecule has 0 spiro atoms. The van der Waals surface area contributed by atoms with E-state index in [4.69, 9.17) is 0 Å². The molecule has 100 valence electrons. The summed E-state index contributed by atoms with van der Waals surface area (Å²) >= 11 is 0. The molecule has 1 saturated heterocycles. The fraction of sp³-hybridized carbons (Fsp3) is 0.467. The fourth-order valence-electron chi connectivity index (χ4n) is 2.96. The predicted molar refractivity (Wildman–Crippen MR) is 72.2 cm³/mol. The molecule has 1 fully saturated rings. The van der Waals surface area contributed by atoms with Crippen LogP contribution in [0.4, 0.5) is 0 Å². The van der Waals surface area contributed by atoms with Crippen molar-refractivity contribution in [2.45, 2.75) is 32.2 Å². The first kappa shape index (κ1) is 12.4. The number of fused-ring (bicyclic) bond motifs is 1.